The van der Waals surface area contributed by atoms with Gasteiger partial charge >= 0.3 is 12.1 Å². The van der Waals surface area contributed by atoms with Crippen molar-refractivity contribution in [2.75, 3.05) is 25.0 Å². The van der Waals surface area contributed by atoms with Crippen LogP contribution in [-0.2, 0) is 11.3 Å². The first-order valence-electron chi connectivity index (χ1n) is 12.5. The summed E-state index contributed by atoms with van der Waals surface area (Å²) in [4.78, 5) is 33.0. The largest absolute Gasteiger partial charge is 0.449 e. The average Bonchev–Trinajstić information content (AvgIpc) is 2.91. The van der Waals surface area contributed by atoms with Crippen LogP contribution in [0.25, 0.3) is 21.9 Å². The molecule has 9 heteroatoms. The van der Waals surface area contributed by atoms with E-state index in [1.54, 1.807) is 18.6 Å². The third-order valence-electron chi connectivity index (χ3n) is 6.73. The number of carbonyl (C=O) groups is 2. The molecule has 5 N–H and O–H groups in total. The minimum absolute atomic E-state index is 0.302. The van der Waals surface area contributed by atoms with Crippen LogP contribution in [0.2, 0.25) is 0 Å². The van der Waals surface area contributed by atoms with Crippen LogP contribution in [0.4, 0.5) is 15.4 Å². The van der Waals surface area contributed by atoms with Gasteiger partial charge in [-0.05, 0) is 91.3 Å². The summed E-state index contributed by atoms with van der Waals surface area (Å²) in [6.07, 6.45) is 9.08. The van der Waals surface area contributed by atoms with Crippen LogP contribution in [0, 0.1) is 11.8 Å². The highest BCUT2D eigenvalue weighted by Gasteiger charge is 2.21. The monoisotopic (exact) mass is 490 g/mol. The Hall–Kier alpha value is -3.72. The molecule has 0 bridgehead atoms. The quantitative estimate of drug-likeness (QED) is 0.369. The molecule has 0 aliphatic heterocycles. The van der Waals surface area contributed by atoms with Crippen molar-refractivity contribution >= 4 is 28.7 Å². The zero-order valence-electron chi connectivity index (χ0n) is 20.6. The van der Waals surface area contributed by atoms with E-state index in [0.717, 1.165) is 59.7 Å². The number of nitrogens with zero attached hydrogens (tertiary/aromatic N) is 2. The minimum Gasteiger partial charge on any atom is -0.449 e. The Bertz CT molecular complexity index is 1180. The fraction of sp³-hybridized carbons (Fsp3) is 0.407. The number of anilines is 1. The number of nitrogens with two attached hydrogens (primary N) is 1. The molecule has 1 aliphatic carbocycles. The second kappa shape index (κ2) is 12.3. The highest BCUT2D eigenvalue weighted by molar-refractivity contribution is 6.00. The fourth-order valence-corrected chi connectivity index (χ4v) is 4.67. The lowest BCUT2D eigenvalue weighted by atomic mass is 9.82. The lowest BCUT2D eigenvalue weighted by Gasteiger charge is -2.27. The number of pyridine rings is 2. The molecule has 3 aromatic rings. The number of hydrogen-bond acceptors (Lipinski definition) is 6. The molecule has 0 unspecified atom stereocenters. The summed E-state index contributed by atoms with van der Waals surface area (Å²) in [5, 5.41) is 10.1. The molecule has 1 aliphatic rings. The van der Waals surface area contributed by atoms with Crippen molar-refractivity contribution in [2.24, 2.45) is 17.6 Å². The van der Waals surface area contributed by atoms with Crippen molar-refractivity contribution in [3.8, 4) is 11.1 Å². The number of hydrogen-bond donors (Lipinski definition) is 4. The molecule has 0 radical (unpaired) electrons. The lowest BCUT2D eigenvalue weighted by Crippen LogP contribution is -2.29. The van der Waals surface area contributed by atoms with E-state index in [9.17, 15) is 9.59 Å². The number of nitrogens with one attached hydrogen (secondary N) is 3. The van der Waals surface area contributed by atoms with Gasteiger partial charge in [0.1, 0.15) is 5.82 Å². The van der Waals surface area contributed by atoms with Crippen molar-refractivity contribution in [3.05, 3.63) is 54.5 Å². The normalized spacial score (nSPS) is 17.4. The van der Waals surface area contributed by atoms with Crippen LogP contribution in [0.3, 0.4) is 0 Å². The molecule has 4 rings (SSSR count). The molecule has 1 aromatic carbocycles. The van der Waals surface area contributed by atoms with Crippen molar-refractivity contribution in [2.45, 2.75) is 39.2 Å². The lowest BCUT2D eigenvalue weighted by molar-refractivity contribution is 0.109. The van der Waals surface area contributed by atoms with Crippen LogP contribution in [0.1, 0.15) is 38.2 Å². The van der Waals surface area contributed by atoms with Gasteiger partial charge in [-0.1, -0.05) is 12.1 Å². The van der Waals surface area contributed by atoms with Crippen molar-refractivity contribution < 1.29 is 14.3 Å². The topological polar surface area (TPSA) is 131 Å². The van der Waals surface area contributed by atoms with Crippen LogP contribution < -0.4 is 21.7 Å². The smallest absolute Gasteiger partial charge is 0.407 e. The number of ether oxygens (including phenoxy) is 1. The maximum Gasteiger partial charge on any atom is 0.407 e. The van der Waals surface area contributed by atoms with Crippen molar-refractivity contribution in [1.82, 2.24) is 20.6 Å². The van der Waals surface area contributed by atoms with Gasteiger partial charge in [0.2, 0.25) is 0 Å². The summed E-state index contributed by atoms with van der Waals surface area (Å²) in [5.41, 5.74) is 8.64. The predicted octanol–water partition coefficient (Wildman–Crippen LogP) is 4.43. The van der Waals surface area contributed by atoms with Crippen LogP contribution in [0.15, 0.2) is 48.9 Å². The number of benzene rings is 1. The molecule has 9 nitrogen and oxygen atoms in total. The third-order valence-corrected chi connectivity index (χ3v) is 6.73. The van der Waals surface area contributed by atoms with Gasteiger partial charge in [0.25, 0.3) is 0 Å². The molecule has 190 valence electrons. The molecule has 1 saturated carbocycles. The SMILES string of the molecule is CCNC(=O)Nc1cc2c(-c3ccncc3)ccc(CNC(=O)OCC3CCC(CN)CC3)c2cn1. The number of rotatable bonds is 8. The van der Waals surface area contributed by atoms with E-state index < -0.39 is 6.09 Å². The van der Waals surface area contributed by atoms with Gasteiger partial charge in [0, 0.05) is 37.1 Å². The molecule has 0 saturated heterocycles. The Morgan fingerprint density at radius 1 is 1.03 bits per heavy atom. The van der Waals surface area contributed by atoms with Crippen molar-refractivity contribution in [1.29, 1.82) is 0 Å². The Balaban J connectivity index is 1.47. The number of amides is 3. The number of aromatic nitrogens is 2. The van der Waals surface area contributed by atoms with E-state index in [-0.39, 0.29) is 6.03 Å². The molecular formula is C27H34N6O3. The molecule has 1 fully saturated rings. The van der Waals surface area contributed by atoms with Gasteiger partial charge in [0.15, 0.2) is 0 Å². The molecule has 0 atom stereocenters. The van der Waals surface area contributed by atoms with E-state index in [1.165, 1.54) is 0 Å². The summed E-state index contributed by atoms with van der Waals surface area (Å²) in [6, 6.07) is 9.38. The first-order chi connectivity index (χ1) is 17.6. The number of urea groups is 1. The summed E-state index contributed by atoms with van der Waals surface area (Å²) in [6.45, 7) is 3.84. The highest BCUT2D eigenvalue weighted by atomic mass is 16.5. The number of fused-ring (bicyclic) bond motifs is 1. The zero-order valence-corrected chi connectivity index (χ0v) is 20.6. The van der Waals surface area contributed by atoms with Gasteiger partial charge in [-0.25, -0.2) is 14.6 Å². The first kappa shape index (κ1) is 25.4. The van der Waals surface area contributed by atoms with E-state index in [4.69, 9.17) is 10.5 Å². The molecule has 2 aromatic heterocycles. The van der Waals surface area contributed by atoms with Gasteiger partial charge in [-0.15, -0.1) is 0 Å². The maximum atomic E-state index is 12.4. The van der Waals surface area contributed by atoms with E-state index in [1.807, 2.05) is 37.3 Å². The fourth-order valence-electron chi connectivity index (χ4n) is 4.67. The van der Waals surface area contributed by atoms with Gasteiger partial charge in [-0.3, -0.25) is 10.3 Å². The average molecular weight is 491 g/mol. The zero-order chi connectivity index (χ0) is 25.3. The molecular weight excluding hydrogens is 456 g/mol. The van der Waals surface area contributed by atoms with Gasteiger partial charge < -0.3 is 21.1 Å². The summed E-state index contributed by atoms with van der Waals surface area (Å²) in [7, 11) is 0. The molecule has 36 heavy (non-hydrogen) atoms. The second-order valence-electron chi connectivity index (χ2n) is 9.18. The van der Waals surface area contributed by atoms with Crippen LogP contribution in [0.5, 0.6) is 0 Å². The van der Waals surface area contributed by atoms with Gasteiger partial charge in [0.05, 0.1) is 6.61 Å². The standard InChI is InChI=1S/C27H34N6O3/c1-2-30-26(34)33-25-13-23-22(20-9-11-29-12-10-20)8-7-21(24(23)16-31-25)15-32-27(35)36-17-19-5-3-18(14-28)4-6-19/h7-13,16,18-19H,2-6,14-15,17,28H2,1H3,(H,32,35)(H2,30,31,33,34). The van der Waals surface area contributed by atoms with Crippen molar-refractivity contribution in [3.63, 3.8) is 0 Å². The molecule has 0 spiro atoms. The molecule has 3 amide bonds. The van der Waals surface area contributed by atoms with E-state index in [2.05, 4.69) is 25.9 Å². The maximum absolute atomic E-state index is 12.4. The Kier molecular flexibility index (Phi) is 8.67. The highest BCUT2D eigenvalue weighted by Crippen LogP contribution is 2.32. The van der Waals surface area contributed by atoms with E-state index >= 15 is 0 Å². The third kappa shape index (κ3) is 6.48. The summed E-state index contributed by atoms with van der Waals surface area (Å²) >= 11 is 0. The Labute approximate surface area is 211 Å². The van der Waals surface area contributed by atoms with Crippen LogP contribution >= 0.6 is 0 Å². The Morgan fingerprint density at radius 2 is 1.78 bits per heavy atom. The summed E-state index contributed by atoms with van der Waals surface area (Å²) < 4.78 is 5.50. The van der Waals surface area contributed by atoms with E-state index in [0.29, 0.717) is 37.4 Å². The van der Waals surface area contributed by atoms with Gasteiger partial charge in [-0.2, -0.15) is 0 Å². The molecule has 2 heterocycles. The van der Waals surface area contributed by atoms with Crippen LogP contribution in [-0.4, -0.2) is 41.8 Å². The Morgan fingerprint density at radius 3 is 2.50 bits per heavy atom. The number of carbonyl (C=O) groups excluding carboxylic acids is 2. The summed E-state index contributed by atoms with van der Waals surface area (Å²) in [5.74, 6) is 1.44. The second-order valence-corrected chi connectivity index (χ2v) is 9.18. The predicted molar refractivity (Wildman–Crippen MR) is 140 cm³/mol. The minimum atomic E-state index is -0.426. The number of alkyl carbamates (subject to hydrolysis) is 1. The first-order valence-corrected chi connectivity index (χ1v) is 12.5.